The molecule has 0 radical (unpaired) electrons. The number of benzene rings is 2. The summed E-state index contributed by atoms with van der Waals surface area (Å²) in [6.07, 6.45) is 0. The zero-order chi connectivity index (χ0) is 18.8. The summed E-state index contributed by atoms with van der Waals surface area (Å²) in [4.78, 5) is 10.4. The minimum Gasteiger partial charge on any atom is -0.493 e. The molecule has 0 saturated carbocycles. The maximum absolute atomic E-state index is 13.7. The van der Waals surface area contributed by atoms with E-state index in [1.807, 2.05) is 4.72 Å². The molecule has 25 heavy (non-hydrogen) atoms. The molecule has 2 rings (SSSR count). The summed E-state index contributed by atoms with van der Waals surface area (Å²) in [6.45, 7) is 0. The van der Waals surface area contributed by atoms with Crippen molar-refractivity contribution in [2.24, 2.45) is 0 Å². The molecule has 0 atom stereocenters. The second-order valence-electron chi connectivity index (χ2n) is 4.74. The lowest BCUT2D eigenvalue weighted by atomic mass is 10.1. The molecule has 10 heteroatoms. The molecule has 0 bridgehead atoms. The molecule has 0 aliphatic heterocycles. The van der Waals surface area contributed by atoms with Crippen LogP contribution in [-0.4, -0.2) is 33.7 Å². The second-order valence-corrected chi connectivity index (χ2v) is 6.39. The highest BCUT2D eigenvalue weighted by molar-refractivity contribution is 7.92. The summed E-state index contributed by atoms with van der Waals surface area (Å²) in [7, 11) is -2.05. The van der Waals surface area contributed by atoms with E-state index < -0.39 is 43.8 Å². The number of hydrogen-bond acceptors (Lipinski definition) is 5. The van der Waals surface area contributed by atoms with Crippen LogP contribution < -0.4 is 14.2 Å². The maximum Gasteiger partial charge on any atom is 0.337 e. The van der Waals surface area contributed by atoms with Gasteiger partial charge < -0.3 is 14.6 Å². The Morgan fingerprint density at radius 1 is 1.08 bits per heavy atom. The van der Waals surface area contributed by atoms with E-state index in [1.54, 1.807) is 0 Å². The molecular weight excluding hydrogens is 360 g/mol. The number of halogens is 2. The van der Waals surface area contributed by atoms with E-state index in [0.717, 1.165) is 18.2 Å². The molecule has 2 N–H and O–H groups in total. The summed E-state index contributed by atoms with van der Waals surface area (Å²) in [5, 5.41) is 9.25. The Morgan fingerprint density at radius 2 is 1.68 bits per heavy atom. The number of sulfonamides is 1. The fraction of sp³-hybridized carbons (Fsp3) is 0.133. The predicted octanol–water partition coefficient (Wildman–Crippen LogP) is 2.48. The van der Waals surface area contributed by atoms with Gasteiger partial charge in [-0.25, -0.2) is 22.0 Å². The zero-order valence-electron chi connectivity index (χ0n) is 13.0. The van der Waals surface area contributed by atoms with Crippen molar-refractivity contribution in [3.63, 3.8) is 0 Å². The highest BCUT2D eigenvalue weighted by atomic mass is 32.2. The van der Waals surface area contributed by atoms with Gasteiger partial charge in [-0.2, -0.15) is 0 Å². The van der Waals surface area contributed by atoms with Gasteiger partial charge in [0.05, 0.1) is 25.5 Å². The van der Waals surface area contributed by atoms with Crippen LogP contribution >= 0.6 is 0 Å². The van der Waals surface area contributed by atoms with Gasteiger partial charge >= 0.3 is 5.97 Å². The first kappa shape index (κ1) is 18.5. The van der Waals surface area contributed by atoms with Crippen molar-refractivity contribution < 1.29 is 36.6 Å². The molecule has 0 aromatic heterocycles. The van der Waals surface area contributed by atoms with Gasteiger partial charge in [-0.15, -0.1) is 0 Å². The number of methoxy groups -OCH3 is 2. The Labute approximate surface area is 141 Å². The van der Waals surface area contributed by atoms with Crippen molar-refractivity contribution in [3.8, 4) is 11.5 Å². The van der Waals surface area contributed by atoms with E-state index in [2.05, 4.69) is 0 Å². The van der Waals surface area contributed by atoms with Crippen LogP contribution in [0.5, 0.6) is 11.5 Å². The van der Waals surface area contributed by atoms with E-state index in [1.165, 1.54) is 14.2 Å². The molecule has 0 saturated heterocycles. The monoisotopic (exact) mass is 373 g/mol. The Balaban J connectivity index is 2.58. The predicted molar refractivity (Wildman–Crippen MR) is 83.7 cm³/mol. The SMILES string of the molecule is COc1cc(NS(=O)(=O)c2cc(F)ccc2F)c(C(=O)O)cc1OC. The molecule has 0 unspecified atom stereocenters. The van der Waals surface area contributed by atoms with Crippen LogP contribution in [0.25, 0.3) is 0 Å². The lowest BCUT2D eigenvalue weighted by molar-refractivity contribution is 0.0697. The fourth-order valence-electron chi connectivity index (χ4n) is 2.02. The standard InChI is InChI=1S/C15H13F2NO6S/c1-23-12-6-9(15(19)20)11(7-13(12)24-2)18-25(21,22)14-5-8(16)3-4-10(14)17/h3-7,18H,1-2H3,(H,19,20). The minimum absolute atomic E-state index is 0.0462. The normalized spacial score (nSPS) is 11.0. The number of carboxylic acid groups (broad SMARTS) is 1. The Hall–Kier alpha value is -2.88. The first-order chi connectivity index (χ1) is 11.7. The molecule has 0 aliphatic carbocycles. The topological polar surface area (TPSA) is 102 Å². The summed E-state index contributed by atoms with van der Waals surface area (Å²) < 4.78 is 63.5. The zero-order valence-corrected chi connectivity index (χ0v) is 13.9. The average Bonchev–Trinajstić information content (AvgIpc) is 2.55. The van der Waals surface area contributed by atoms with Gasteiger partial charge in [0, 0.05) is 12.1 Å². The van der Waals surface area contributed by atoms with Gasteiger partial charge in [0.25, 0.3) is 10.0 Å². The van der Waals surface area contributed by atoms with Crippen LogP contribution in [0, 0.1) is 11.6 Å². The van der Waals surface area contributed by atoms with Gasteiger partial charge in [0.1, 0.15) is 16.5 Å². The van der Waals surface area contributed by atoms with Crippen LogP contribution in [0.4, 0.5) is 14.5 Å². The van der Waals surface area contributed by atoms with E-state index in [9.17, 15) is 27.1 Å². The number of ether oxygens (including phenoxy) is 2. The van der Waals surface area contributed by atoms with E-state index in [-0.39, 0.29) is 11.5 Å². The number of nitrogens with one attached hydrogen (secondary N) is 1. The molecule has 0 aliphatic rings. The number of aromatic carboxylic acids is 1. The molecular formula is C15H13F2NO6S. The van der Waals surface area contributed by atoms with E-state index in [0.29, 0.717) is 12.1 Å². The average molecular weight is 373 g/mol. The van der Waals surface area contributed by atoms with Crippen LogP contribution in [0.3, 0.4) is 0 Å². The molecule has 0 spiro atoms. The largest absolute Gasteiger partial charge is 0.493 e. The van der Waals surface area contributed by atoms with Crippen molar-refractivity contribution in [2.45, 2.75) is 4.90 Å². The number of anilines is 1. The Kier molecular flexibility index (Phi) is 5.12. The third-order valence-corrected chi connectivity index (χ3v) is 4.56. The van der Waals surface area contributed by atoms with Gasteiger partial charge in [-0.05, 0) is 18.2 Å². The van der Waals surface area contributed by atoms with Gasteiger partial charge in [0.2, 0.25) is 0 Å². The summed E-state index contributed by atoms with van der Waals surface area (Å²) in [5.74, 6) is -3.51. The van der Waals surface area contributed by atoms with Gasteiger partial charge in [0.15, 0.2) is 11.5 Å². The molecule has 2 aromatic rings. The second kappa shape index (κ2) is 6.93. The minimum atomic E-state index is -4.59. The Morgan fingerprint density at radius 3 is 2.24 bits per heavy atom. The molecule has 7 nitrogen and oxygen atoms in total. The number of carbonyl (C=O) groups is 1. The van der Waals surface area contributed by atoms with Gasteiger partial charge in [-0.1, -0.05) is 0 Å². The van der Waals surface area contributed by atoms with Crippen LogP contribution in [-0.2, 0) is 10.0 Å². The van der Waals surface area contributed by atoms with Crippen molar-refractivity contribution >= 4 is 21.7 Å². The lowest BCUT2D eigenvalue weighted by Gasteiger charge is -2.15. The highest BCUT2D eigenvalue weighted by Crippen LogP contribution is 2.34. The van der Waals surface area contributed by atoms with Crippen LogP contribution in [0.15, 0.2) is 35.2 Å². The van der Waals surface area contributed by atoms with Crippen molar-refractivity contribution in [1.29, 1.82) is 0 Å². The van der Waals surface area contributed by atoms with Crippen LogP contribution in [0.2, 0.25) is 0 Å². The van der Waals surface area contributed by atoms with Gasteiger partial charge in [-0.3, -0.25) is 4.72 Å². The summed E-state index contributed by atoms with van der Waals surface area (Å²) in [5.41, 5.74) is -0.855. The molecule has 0 amide bonds. The van der Waals surface area contributed by atoms with Crippen molar-refractivity contribution in [1.82, 2.24) is 0 Å². The van der Waals surface area contributed by atoms with Crippen LogP contribution in [0.1, 0.15) is 10.4 Å². The number of carboxylic acids is 1. The quantitative estimate of drug-likeness (QED) is 0.807. The van der Waals surface area contributed by atoms with Crippen molar-refractivity contribution in [2.75, 3.05) is 18.9 Å². The van der Waals surface area contributed by atoms with Crippen molar-refractivity contribution in [3.05, 3.63) is 47.5 Å². The first-order valence-corrected chi connectivity index (χ1v) is 8.15. The first-order valence-electron chi connectivity index (χ1n) is 6.66. The number of hydrogen-bond donors (Lipinski definition) is 2. The molecule has 0 heterocycles. The van der Waals surface area contributed by atoms with E-state index in [4.69, 9.17) is 9.47 Å². The third-order valence-electron chi connectivity index (χ3n) is 3.18. The lowest BCUT2D eigenvalue weighted by Crippen LogP contribution is -2.17. The smallest absolute Gasteiger partial charge is 0.337 e. The maximum atomic E-state index is 13.7. The fourth-order valence-corrected chi connectivity index (χ4v) is 3.18. The molecule has 2 aromatic carbocycles. The number of rotatable bonds is 6. The third kappa shape index (κ3) is 3.79. The Bertz CT molecular complexity index is 930. The highest BCUT2D eigenvalue weighted by Gasteiger charge is 2.24. The van der Waals surface area contributed by atoms with E-state index >= 15 is 0 Å². The molecule has 0 fully saturated rings. The molecule has 134 valence electrons. The summed E-state index contributed by atoms with van der Waals surface area (Å²) in [6, 6.07) is 4.00. The summed E-state index contributed by atoms with van der Waals surface area (Å²) >= 11 is 0.